The average molecular weight is 532 g/mol. The molecule has 0 amide bonds. The van der Waals surface area contributed by atoms with Crippen LogP contribution in [0.1, 0.15) is 50.7 Å². The fraction of sp³-hybridized carbons (Fsp3) is 0.216. The molecule has 0 radical (unpaired) electrons. The van der Waals surface area contributed by atoms with E-state index in [1.807, 2.05) is 12.4 Å². The fourth-order valence-corrected chi connectivity index (χ4v) is 7.47. The Kier molecular flexibility index (Phi) is 5.77. The molecule has 41 heavy (non-hydrogen) atoms. The predicted octanol–water partition coefficient (Wildman–Crippen LogP) is 7.94. The predicted molar refractivity (Wildman–Crippen MR) is 176 cm³/mol. The number of hydrogen-bond donors (Lipinski definition) is 0. The summed E-state index contributed by atoms with van der Waals surface area (Å²) in [7, 11) is 0. The van der Waals surface area contributed by atoms with Crippen LogP contribution in [0.15, 0.2) is 97.3 Å². The minimum Gasteiger partial charge on any atom is -0.375 e. The largest absolute Gasteiger partial charge is 0.375 e. The average Bonchev–Trinajstić information content (AvgIpc) is 3.54. The van der Waals surface area contributed by atoms with Gasteiger partial charge in [0.1, 0.15) is 0 Å². The summed E-state index contributed by atoms with van der Waals surface area (Å²) in [5.41, 5.74) is 12.3. The number of hydrogen-bond acceptors (Lipinski definition) is 1. The maximum Gasteiger partial charge on any atom is 0.332 e. The highest BCUT2D eigenvalue weighted by molar-refractivity contribution is 6.88. The van der Waals surface area contributed by atoms with Crippen molar-refractivity contribution in [2.45, 2.75) is 52.4 Å². The first-order valence-corrected chi connectivity index (χ1v) is 15.3. The van der Waals surface area contributed by atoms with E-state index in [0.29, 0.717) is 0 Å². The third-order valence-corrected chi connectivity index (χ3v) is 9.26. The van der Waals surface area contributed by atoms with Gasteiger partial charge in [-0.25, -0.2) is 0 Å². The first-order chi connectivity index (χ1) is 20.3. The molecule has 0 aliphatic carbocycles. The fourth-order valence-electron chi connectivity index (χ4n) is 7.47. The molecule has 4 heterocycles. The number of benzene rings is 4. The summed E-state index contributed by atoms with van der Waals surface area (Å²) in [6, 6.07) is 32.1. The van der Waals surface area contributed by atoms with E-state index in [9.17, 15) is 0 Å². The SMILES string of the molecule is CCCCc1cccc2c3cccc(CCCC)c3n(B3c4ccccc4-n4c5ccncc5c5cccc3c54)c12. The van der Waals surface area contributed by atoms with Gasteiger partial charge in [-0.3, -0.25) is 4.98 Å². The summed E-state index contributed by atoms with van der Waals surface area (Å²) in [5, 5.41) is 5.26. The van der Waals surface area contributed by atoms with Crippen molar-refractivity contribution in [3.05, 3.63) is 108 Å². The third-order valence-electron chi connectivity index (χ3n) is 9.26. The molecule has 0 atom stereocenters. The maximum absolute atomic E-state index is 4.53. The van der Waals surface area contributed by atoms with Crippen molar-refractivity contribution in [2.75, 3.05) is 0 Å². The second-order valence-electron chi connectivity index (χ2n) is 11.6. The molecule has 3 nitrogen and oxygen atoms in total. The number of rotatable bonds is 7. The van der Waals surface area contributed by atoms with Crippen LogP contribution < -0.4 is 10.9 Å². The van der Waals surface area contributed by atoms with E-state index in [2.05, 4.69) is 113 Å². The van der Waals surface area contributed by atoms with E-state index in [-0.39, 0.29) is 6.85 Å². The molecular formula is C37H34BN3. The molecule has 1 aliphatic rings. The molecule has 4 heteroatoms. The van der Waals surface area contributed by atoms with Crippen molar-refractivity contribution in [3.63, 3.8) is 0 Å². The Morgan fingerprint density at radius 3 is 1.90 bits per heavy atom. The van der Waals surface area contributed by atoms with E-state index in [1.54, 1.807) is 0 Å². The molecule has 0 saturated heterocycles. The highest BCUT2D eigenvalue weighted by Gasteiger charge is 2.36. The molecular weight excluding hydrogens is 497 g/mol. The Morgan fingerprint density at radius 2 is 1.22 bits per heavy atom. The summed E-state index contributed by atoms with van der Waals surface area (Å²) >= 11 is 0. The molecule has 4 aromatic carbocycles. The van der Waals surface area contributed by atoms with Gasteiger partial charge in [0.2, 0.25) is 0 Å². The van der Waals surface area contributed by atoms with E-state index in [1.165, 1.54) is 97.0 Å². The lowest BCUT2D eigenvalue weighted by atomic mass is 9.48. The molecule has 0 N–H and O–H groups in total. The molecule has 0 unspecified atom stereocenters. The number of unbranched alkanes of at least 4 members (excludes halogenated alkanes) is 2. The minimum atomic E-state index is 0.0743. The minimum absolute atomic E-state index is 0.0743. The number of nitrogens with zero attached hydrogens (tertiary/aromatic N) is 3. The van der Waals surface area contributed by atoms with Crippen LogP contribution in [0.2, 0.25) is 0 Å². The number of aryl methyl sites for hydroxylation is 2. The second-order valence-corrected chi connectivity index (χ2v) is 11.6. The molecule has 1 aliphatic heterocycles. The molecule has 0 spiro atoms. The van der Waals surface area contributed by atoms with Crippen LogP contribution in [0.3, 0.4) is 0 Å². The van der Waals surface area contributed by atoms with Gasteiger partial charge in [0.25, 0.3) is 0 Å². The van der Waals surface area contributed by atoms with Gasteiger partial charge in [-0.15, -0.1) is 0 Å². The number of para-hydroxylation sites is 4. The van der Waals surface area contributed by atoms with E-state index in [0.717, 1.165) is 12.8 Å². The second kappa shape index (κ2) is 9.66. The quantitative estimate of drug-likeness (QED) is 0.192. The number of aromatic nitrogens is 3. The van der Waals surface area contributed by atoms with Gasteiger partial charge in [-0.1, -0.05) is 99.5 Å². The molecule has 0 saturated carbocycles. The zero-order chi connectivity index (χ0) is 27.5. The van der Waals surface area contributed by atoms with Crippen LogP contribution in [0.4, 0.5) is 0 Å². The molecule has 8 rings (SSSR count). The molecule has 3 aromatic heterocycles. The van der Waals surface area contributed by atoms with Crippen LogP contribution in [0.25, 0.3) is 49.3 Å². The third kappa shape index (κ3) is 3.49. The standard InChI is InChI=1S/C37H34BN3/c1-3-5-12-25-14-9-16-27-28-17-10-15-26(13-6-4-2)36(28)41(35(25)27)38-31-19-7-8-21-34(31)40-33-22-23-39-24-30(33)29-18-11-20-32(38)37(29)40/h7-11,14-24H,3-6,12-13H2,1-2H3. The van der Waals surface area contributed by atoms with Gasteiger partial charge >= 0.3 is 6.85 Å². The van der Waals surface area contributed by atoms with Crippen LogP contribution in [-0.2, 0) is 12.8 Å². The molecule has 200 valence electrons. The van der Waals surface area contributed by atoms with Crippen LogP contribution >= 0.6 is 0 Å². The van der Waals surface area contributed by atoms with Gasteiger partial charge in [0.05, 0.1) is 11.0 Å². The first kappa shape index (κ1) is 24.5. The van der Waals surface area contributed by atoms with Gasteiger partial charge in [-0.2, -0.15) is 0 Å². The van der Waals surface area contributed by atoms with Gasteiger partial charge < -0.3 is 9.05 Å². The zero-order valence-electron chi connectivity index (χ0n) is 23.9. The lowest BCUT2D eigenvalue weighted by Gasteiger charge is -2.29. The Hall–Kier alpha value is -4.31. The van der Waals surface area contributed by atoms with Crippen molar-refractivity contribution in [2.24, 2.45) is 0 Å². The Balaban J connectivity index is 1.56. The van der Waals surface area contributed by atoms with Crippen LogP contribution in [-0.4, -0.2) is 20.9 Å². The lowest BCUT2D eigenvalue weighted by Crippen LogP contribution is -2.53. The topological polar surface area (TPSA) is 22.8 Å². The normalized spacial score (nSPS) is 12.7. The van der Waals surface area contributed by atoms with Gasteiger partial charge in [-0.05, 0) is 59.9 Å². The monoisotopic (exact) mass is 531 g/mol. The summed E-state index contributed by atoms with van der Waals surface area (Å²) in [6.07, 6.45) is 10.9. The van der Waals surface area contributed by atoms with E-state index >= 15 is 0 Å². The van der Waals surface area contributed by atoms with Crippen molar-refractivity contribution in [3.8, 4) is 5.69 Å². The van der Waals surface area contributed by atoms with Gasteiger partial charge in [0, 0.05) is 50.7 Å². The van der Waals surface area contributed by atoms with Gasteiger partial charge in [0.15, 0.2) is 0 Å². The van der Waals surface area contributed by atoms with Crippen molar-refractivity contribution < 1.29 is 0 Å². The summed E-state index contributed by atoms with van der Waals surface area (Å²) in [6.45, 7) is 4.67. The highest BCUT2D eigenvalue weighted by atomic mass is 15.0. The molecule has 0 bridgehead atoms. The lowest BCUT2D eigenvalue weighted by molar-refractivity contribution is 0.795. The summed E-state index contributed by atoms with van der Waals surface area (Å²) < 4.78 is 5.23. The molecule has 0 fully saturated rings. The molecule has 7 aromatic rings. The smallest absolute Gasteiger partial charge is 0.332 e. The maximum atomic E-state index is 4.53. The number of fused-ring (bicyclic) bond motifs is 8. The van der Waals surface area contributed by atoms with Crippen molar-refractivity contribution in [1.82, 2.24) is 14.0 Å². The van der Waals surface area contributed by atoms with Crippen LogP contribution in [0, 0.1) is 0 Å². The van der Waals surface area contributed by atoms with Crippen molar-refractivity contribution in [1.29, 1.82) is 0 Å². The van der Waals surface area contributed by atoms with E-state index < -0.39 is 0 Å². The Bertz CT molecular complexity index is 2030. The Labute approximate surface area is 241 Å². The summed E-state index contributed by atoms with van der Waals surface area (Å²) in [4.78, 5) is 4.53. The van der Waals surface area contributed by atoms with E-state index in [4.69, 9.17) is 0 Å². The highest BCUT2D eigenvalue weighted by Crippen LogP contribution is 2.38. The first-order valence-electron chi connectivity index (χ1n) is 15.3. The number of pyridine rings is 1. The summed E-state index contributed by atoms with van der Waals surface area (Å²) in [5.74, 6) is 0. The zero-order valence-corrected chi connectivity index (χ0v) is 23.9. The Morgan fingerprint density at radius 1 is 0.610 bits per heavy atom. The van der Waals surface area contributed by atoms with Crippen molar-refractivity contribution >= 4 is 61.4 Å². The van der Waals surface area contributed by atoms with Crippen LogP contribution in [0.5, 0.6) is 0 Å².